The number of fused-ring (bicyclic) bond motifs is 1. The lowest BCUT2D eigenvalue weighted by Gasteiger charge is -2.33. The van der Waals surface area contributed by atoms with E-state index in [4.69, 9.17) is 0 Å². The van der Waals surface area contributed by atoms with Crippen LogP contribution in [0.5, 0.6) is 0 Å². The summed E-state index contributed by atoms with van der Waals surface area (Å²) in [5.41, 5.74) is 2.80. The van der Waals surface area contributed by atoms with Crippen molar-refractivity contribution in [3.05, 3.63) is 48.0 Å². The number of hydrogen-bond donors (Lipinski definition) is 0. The third-order valence-electron chi connectivity index (χ3n) is 5.24. The first-order valence-electron chi connectivity index (χ1n) is 8.51. The fraction of sp³-hybridized carbons (Fsp3) is 0.500. The predicted octanol–water partition coefficient (Wildman–Crippen LogP) is 2.56. The molecule has 120 valence electrons. The molecule has 4 rings (SSSR count). The fourth-order valence-electron chi connectivity index (χ4n) is 4.00. The minimum Gasteiger partial charge on any atom is -0.341 e. The fourth-order valence-corrected chi connectivity index (χ4v) is 4.00. The molecule has 0 spiro atoms. The molecule has 0 bridgehead atoms. The van der Waals surface area contributed by atoms with Gasteiger partial charge in [-0.3, -0.25) is 4.79 Å². The van der Waals surface area contributed by atoms with Gasteiger partial charge < -0.3 is 4.90 Å². The third kappa shape index (κ3) is 2.87. The molecule has 1 amide bonds. The highest BCUT2D eigenvalue weighted by Crippen LogP contribution is 2.36. The van der Waals surface area contributed by atoms with Crippen LogP contribution < -0.4 is 0 Å². The van der Waals surface area contributed by atoms with Gasteiger partial charge in [0.15, 0.2) is 0 Å². The molecule has 2 heterocycles. The molecule has 1 aromatic heterocycles. The number of aromatic nitrogens is 3. The average Bonchev–Trinajstić information content (AvgIpc) is 3.25. The molecule has 0 saturated carbocycles. The smallest absolute Gasteiger partial charge is 0.223 e. The zero-order valence-corrected chi connectivity index (χ0v) is 13.3. The van der Waals surface area contributed by atoms with Crippen LogP contribution in [0.2, 0.25) is 0 Å². The first kappa shape index (κ1) is 14.4. The second kappa shape index (κ2) is 6.14. The van der Waals surface area contributed by atoms with Gasteiger partial charge in [0.05, 0.1) is 6.04 Å². The van der Waals surface area contributed by atoms with Gasteiger partial charge in [0.2, 0.25) is 5.91 Å². The Morgan fingerprint density at radius 2 is 2.17 bits per heavy atom. The molecular weight excluding hydrogens is 288 g/mol. The number of amides is 1. The van der Waals surface area contributed by atoms with E-state index in [0.29, 0.717) is 12.3 Å². The number of aryl methyl sites for hydroxylation is 1. The van der Waals surface area contributed by atoms with Gasteiger partial charge in [-0.05, 0) is 42.7 Å². The number of carbonyl (C=O) groups excluding carboxylic acids is 1. The monoisotopic (exact) mass is 310 g/mol. The van der Waals surface area contributed by atoms with Crippen LogP contribution in [0.25, 0.3) is 0 Å². The highest BCUT2D eigenvalue weighted by molar-refractivity contribution is 5.77. The maximum atomic E-state index is 12.8. The maximum absolute atomic E-state index is 12.8. The summed E-state index contributed by atoms with van der Waals surface area (Å²) in [6.07, 6.45) is 8.28. The van der Waals surface area contributed by atoms with Crippen LogP contribution in [0.1, 0.15) is 48.8 Å². The summed E-state index contributed by atoms with van der Waals surface area (Å²) in [7, 11) is 0. The minimum atomic E-state index is 0.270. The Morgan fingerprint density at radius 3 is 3.04 bits per heavy atom. The minimum absolute atomic E-state index is 0.270. The molecule has 2 atom stereocenters. The average molecular weight is 310 g/mol. The van der Waals surface area contributed by atoms with Crippen LogP contribution in [0.15, 0.2) is 36.9 Å². The summed E-state index contributed by atoms with van der Waals surface area (Å²) >= 11 is 0. The number of hydrogen-bond acceptors (Lipinski definition) is 3. The summed E-state index contributed by atoms with van der Waals surface area (Å²) in [4.78, 5) is 18.8. The van der Waals surface area contributed by atoms with E-state index in [-0.39, 0.29) is 11.9 Å². The normalized spacial score (nSPS) is 23.7. The van der Waals surface area contributed by atoms with Crippen LogP contribution in [-0.4, -0.2) is 38.7 Å². The van der Waals surface area contributed by atoms with E-state index >= 15 is 0 Å². The van der Waals surface area contributed by atoms with Gasteiger partial charge >= 0.3 is 0 Å². The zero-order valence-electron chi connectivity index (χ0n) is 13.3. The van der Waals surface area contributed by atoms with Gasteiger partial charge in [-0.15, -0.1) is 0 Å². The number of nitrogens with zero attached hydrogens (tertiary/aromatic N) is 4. The quantitative estimate of drug-likeness (QED) is 0.875. The molecule has 5 nitrogen and oxygen atoms in total. The van der Waals surface area contributed by atoms with Crippen LogP contribution in [0.3, 0.4) is 0 Å². The highest BCUT2D eigenvalue weighted by atomic mass is 16.2. The Bertz CT molecular complexity index is 682. The summed E-state index contributed by atoms with van der Waals surface area (Å²) in [5.74, 6) is 0.682. The molecule has 0 radical (unpaired) electrons. The van der Waals surface area contributed by atoms with Crippen LogP contribution >= 0.6 is 0 Å². The Kier molecular flexibility index (Phi) is 3.85. The number of benzene rings is 1. The lowest BCUT2D eigenvalue weighted by atomic mass is 9.96. The van der Waals surface area contributed by atoms with Crippen molar-refractivity contribution in [3.63, 3.8) is 0 Å². The van der Waals surface area contributed by atoms with Crippen molar-refractivity contribution < 1.29 is 4.79 Å². The SMILES string of the molecule is O=C(C[C@@H]1CCc2ccccc21)N1CCC[C@H](n2cncn2)C1. The number of carbonyl (C=O) groups is 1. The maximum Gasteiger partial charge on any atom is 0.223 e. The van der Waals surface area contributed by atoms with Crippen molar-refractivity contribution in [2.45, 2.75) is 44.1 Å². The van der Waals surface area contributed by atoms with Crippen LogP contribution in [0, 0.1) is 0 Å². The molecule has 2 aromatic rings. The van der Waals surface area contributed by atoms with Crippen molar-refractivity contribution >= 4 is 5.91 Å². The van der Waals surface area contributed by atoms with E-state index in [1.807, 2.05) is 9.58 Å². The molecule has 0 unspecified atom stereocenters. The molecule has 1 aromatic carbocycles. The Morgan fingerprint density at radius 1 is 1.26 bits per heavy atom. The van der Waals surface area contributed by atoms with E-state index in [9.17, 15) is 4.79 Å². The van der Waals surface area contributed by atoms with Crippen molar-refractivity contribution in [2.75, 3.05) is 13.1 Å². The van der Waals surface area contributed by atoms with E-state index in [0.717, 1.165) is 38.8 Å². The number of likely N-dealkylation sites (tertiary alicyclic amines) is 1. The molecule has 1 aliphatic heterocycles. The highest BCUT2D eigenvalue weighted by Gasteiger charge is 2.29. The van der Waals surface area contributed by atoms with E-state index in [1.54, 1.807) is 12.7 Å². The largest absolute Gasteiger partial charge is 0.341 e. The summed E-state index contributed by atoms with van der Waals surface area (Å²) in [6.45, 7) is 1.63. The molecule has 5 heteroatoms. The molecule has 2 aliphatic rings. The lowest BCUT2D eigenvalue weighted by molar-refractivity contribution is -0.133. The van der Waals surface area contributed by atoms with Crippen LogP contribution in [-0.2, 0) is 11.2 Å². The molecular formula is C18H22N4O. The molecule has 1 aliphatic carbocycles. The zero-order chi connectivity index (χ0) is 15.6. The van der Waals surface area contributed by atoms with Gasteiger partial charge in [0.1, 0.15) is 12.7 Å². The van der Waals surface area contributed by atoms with Crippen LogP contribution in [0.4, 0.5) is 0 Å². The Balaban J connectivity index is 1.41. The lowest BCUT2D eigenvalue weighted by Crippen LogP contribution is -2.41. The van der Waals surface area contributed by atoms with Crippen molar-refractivity contribution in [1.29, 1.82) is 0 Å². The summed E-state index contributed by atoms with van der Waals surface area (Å²) in [5, 5.41) is 4.23. The molecule has 1 fully saturated rings. The van der Waals surface area contributed by atoms with E-state index < -0.39 is 0 Å². The molecule has 0 N–H and O–H groups in total. The van der Waals surface area contributed by atoms with Crippen molar-refractivity contribution in [2.24, 2.45) is 0 Å². The first-order valence-corrected chi connectivity index (χ1v) is 8.51. The second-order valence-corrected chi connectivity index (χ2v) is 6.65. The standard InChI is InChI=1S/C18H22N4O/c23-18(10-15-8-7-14-4-1-2-6-17(14)15)21-9-3-5-16(11-21)22-13-19-12-20-22/h1-2,4,6,12-13,15-16H,3,5,7-11H2/t15-,16-/m0/s1. The van der Waals surface area contributed by atoms with E-state index in [2.05, 4.69) is 34.3 Å². The van der Waals surface area contributed by atoms with E-state index in [1.165, 1.54) is 11.1 Å². The summed E-state index contributed by atoms with van der Waals surface area (Å²) < 4.78 is 1.89. The van der Waals surface area contributed by atoms with Crippen molar-refractivity contribution in [3.8, 4) is 0 Å². The first-order chi connectivity index (χ1) is 11.3. The molecule has 1 saturated heterocycles. The van der Waals surface area contributed by atoms with Crippen molar-refractivity contribution in [1.82, 2.24) is 19.7 Å². The Hall–Kier alpha value is -2.17. The van der Waals surface area contributed by atoms with Gasteiger partial charge in [0.25, 0.3) is 0 Å². The van der Waals surface area contributed by atoms with Gasteiger partial charge in [-0.1, -0.05) is 24.3 Å². The Labute approximate surface area is 136 Å². The van der Waals surface area contributed by atoms with Gasteiger partial charge in [-0.2, -0.15) is 5.10 Å². The number of piperidine rings is 1. The number of rotatable bonds is 3. The summed E-state index contributed by atoms with van der Waals surface area (Å²) in [6, 6.07) is 8.83. The third-order valence-corrected chi connectivity index (χ3v) is 5.24. The second-order valence-electron chi connectivity index (χ2n) is 6.65. The predicted molar refractivity (Wildman–Crippen MR) is 87.0 cm³/mol. The van der Waals surface area contributed by atoms with Gasteiger partial charge in [0, 0.05) is 19.5 Å². The molecule has 23 heavy (non-hydrogen) atoms. The topological polar surface area (TPSA) is 51.0 Å². The van der Waals surface area contributed by atoms with Gasteiger partial charge in [-0.25, -0.2) is 9.67 Å².